The molecule has 0 aliphatic carbocycles. The lowest BCUT2D eigenvalue weighted by Gasteiger charge is -1.98. The van der Waals surface area contributed by atoms with Gasteiger partial charge >= 0.3 is 5.97 Å². The van der Waals surface area contributed by atoms with Gasteiger partial charge in [0.05, 0.1) is 12.1 Å². The summed E-state index contributed by atoms with van der Waals surface area (Å²) in [5, 5.41) is 0.0885. The largest absolute Gasteiger partial charge is 0.465 e. The van der Waals surface area contributed by atoms with Crippen LogP contribution in [0.5, 0.6) is 0 Å². The molecule has 4 nitrogen and oxygen atoms in total. The van der Waals surface area contributed by atoms with Gasteiger partial charge in [-0.3, -0.25) is 4.79 Å². The van der Waals surface area contributed by atoms with Crippen molar-refractivity contribution < 1.29 is 9.53 Å². The Hall–Kier alpha value is -1.29. The number of hydrogen-bond acceptors (Lipinski definition) is 3. The minimum absolute atomic E-state index is 0.0885. The number of H-pyrrole nitrogens is 1. The van der Waals surface area contributed by atoms with Crippen LogP contribution in [0.4, 0.5) is 0 Å². The number of esters is 1. The van der Waals surface area contributed by atoms with Gasteiger partial charge in [0, 0.05) is 6.20 Å². The zero-order valence-corrected chi connectivity index (χ0v) is 7.01. The second-order valence-electron chi connectivity index (χ2n) is 2.02. The standard InChI is InChI=1S/C7H6ClNO3/c1-12-7(11)5-4(8)2-3-9-6(5)10/h2-3H,1H3,(H,9,10). The molecule has 12 heavy (non-hydrogen) atoms. The molecule has 5 heteroatoms. The summed E-state index contributed by atoms with van der Waals surface area (Å²) in [4.78, 5) is 24.2. The number of hydrogen-bond donors (Lipinski definition) is 1. The van der Waals surface area contributed by atoms with Crippen molar-refractivity contribution in [2.75, 3.05) is 7.11 Å². The molecule has 0 fully saturated rings. The number of aromatic nitrogens is 1. The Morgan fingerprint density at radius 3 is 2.83 bits per heavy atom. The smallest absolute Gasteiger partial charge is 0.345 e. The summed E-state index contributed by atoms with van der Waals surface area (Å²) >= 11 is 5.58. The van der Waals surface area contributed by atoms with E-state index in [9.17, 15) is 9.59 Å². The number of nitrogens with one attached hydrogen (secondary N) is 1. The van der Waals surface area contributed by atoms with Crippen molar-refractivity contribution in [3.8, 4) is 0 Å². The number of aromatic amines is 1. The highest BCUT2D eigenvalue weighted by molar-refractivity contribution is 6.33. The van der Waals surface area contributed by atoms with Gasteiger partial charge in [0.15, 0.2) is 0 Å². The predicted molar refractivity (Wildman–Crippen MR) is 43.4 cm³/mol. The number of carbonyl (C=O) groups excluding carboxylic acids is 1. The van der Waals surface area contributed by atoms with Gasteiger partial charge in [0.1, 0.15) is 5.56 Å². The molecule has 1 aromatic heterocycles. The van der Waals surface area contributed by atoms with E-state index in [2.05, 4.69) is 9.72 Å². The van der Waals surface area contributed by atoms with Crippen molar-refractivity contribution in [1.29, 1.82) is 0 Å². The van der Waals surface area contributed by atoms with Crippen LogP contribution in [0.15, 0.2) is 17.1 Å². The molecular formula is C7H6ClNO3. The molecule has 1 N–H and O–H groups in total. The maximum atomic E-state index is 11.0. The Kier molecular flexibility index (Phi) is 2.50. The molecule has 0 saturated carbocycles. The SMILES string of the molecule is COC(=O)c1c(Cl)cc[nH]c1=O. The highest BCUT2D eigenvalue weighted by Crippen LogP contribution is 2.10. The summed E-state index contributed by atoms with van der Waals surface area (Å²) in [6.07, 6.45) is 1.36. The van der Waals surface area contributed by atoms with Crippen molar-refractivity contribution >= 4 is 17.6 Å². The van der Waals surface area contributed by atoms with Crippen molar-refractivity contribution in [3.63, 3.8) is 0 Å². The minimum atomic E-state index is -0.734. The fourth-order valence-electron chi connectivity index (χ4n) is 0.747. The van der Waals surface area contributed by atoms with Crippen molar-refractivity contribution in [1.82, 2.24) is 4.98 Å². The first-order valence-electron chi connectivity index (χ1n) is 3.12. The van der Waals surface area contributed by atoms with Gasteiger partial charge in [0.25, 0.3) is 5.56 Å². The maximum absolute atomic E-state index is 11.0. The van der Waals surface area contributed by atoms with Crippen LogP contribution < -0.4 is 5.56 Å². The summed E-state index contributed by atoms with van der Waals surface area (Å²) in [7, 11) is 1.19. The molecule has 0 unspecified atom stereocenters. The molecule has 0 aromatic carbocycles. The third kappa shape index (κ3) is 1.48. The lowest BCUT2D eigenvalue weighted by Crippen LogP contribution is -2.18. The van der Waals surface area contributed by atoms with E-state index in [0.717, 1.165) is 0 Å². The number of ether oxygens (including phenoxy) is 1. The Labute approximate surface area is 73.1 Å². The van der Waals surface area contributed by atoms with Crippen LogP contribution in [0.3, 0.4) is 0 Å². The molecule has 1 heterocycles. The Morgan fingerprint density at radius 2 is 2.33 bits per heavy atom. The summed E-state index contributed by atoms with van der Waals surface area (Å²) in [6.45, 7) is 0. The van der Waals surface area contributed by atoms with E-state index in [1.54, 1.807) is 0 Å². The quantitative estimate of drug-likeness (QED) is 0.662. The summed E-state index contributed by atoms with van der Waals surface area (Å²) in [5.41, 5.74) is -0.712. The molecule has 64 valence electrons. The molecule has 1 rings (SSSR count). The number of rotatable bonds is 1. The van der Waals surface area contributed by atoms with Crippen molar-refractivity contribution in [2.45, 2.75) is 0 Å². The molecule has 0 spiro atoms. The maximum Gasteiger partial charge on any atom is 0.345 e. The van der Waals surface area contributed by atoms with Crippen LogP contribution in [0, 0.1) is 0 Å². The summed E-state index contributed by atoms with van der Waals surface area (Å²) < 4.78 is 4.35. The monoisotopic (exact) mass is 187 g/mol. The minimum Gasteiger partial charge on any atom is -0.465 e. The van der Waals surface area contributed by atoms with Gasteiger partial charge in [-0.25, -0.2) is 4.79 Å². The third-order valence-corrected chi connectivity index (χ3v) is 1.61. The molecule has 0 aliphatic rings. The van der Waals surface area contributed by atoms with E-state index in [1.807, 2.05) is 0 Å². The van der Waals surface area contributed by atoms with Crippen LogP contribution in [-0.2, 0) is 4.74 Å². The number of methoxy groups -OCH3 is 1. The Bertz CT molecular complexity index is 358. The molecular weight excluding hydrogens is 182 g/mol. The van der Waals surface area contributed by atoms with Crippen LogP contribution in [0.2, 0.25) is 5.02 Å². The Morgan fingerprint density at radius 1 is 1.67 bits per heavy atom. The normalized spacial score (nSPS) is 9.50. The Balaban J connectivity index is 3.31. The highest BCUT2D eigenvalue weighted by Gasteiger charge is 2.14. The number of carbonyl (C=O) groups is 1. The lowest BCUT2D eigenvalue weighted by atomic mass is 10.3. The summed E-state index contributed by atoms with van der Waals surface area (Å²) in [5.74, 6) is -0.734. The topological polar surface area (TPSA) is 59.2 Å². The van der Waals surface area contributed by atoms with Crippen LogP contribution in [0.25, 0.3) is 0 Å². The van der Waals surface area contributed by atoms with Gasteiger partial charge in [-0.2, -0.15) is 0 Å². The van der Waals surface area contributed by atoms with Crippen LogP contribution in [-0.4, -0.2) is 18.1 Å². The molecule has 0 saturated heterocycles. The number of pyridine rings is 1. The molecule has 0 radical (unpaired) electrons. The second-order valence-corrected chi connectivity index (χ2v) is 2.43. The van der Waals surface area contributed by atoms with Gasteiger partial charge in [-0.15, -0.1) is 0 Å². The first-order valence-corrected chi connectivity index (χ1v) is 3.50. The fourth-order valence-corrected chi connectivity index (χ4v) is 0.973. The van der Waals surface area contributed by atoms with E-state index in [-0.39, 0.29) is 10.6 Å². The van der Waals surface area contributed by atoms with Crippen LogP contribution in [0.1, 0.15) is 10.4 Å². The van der Waals surface area contributed by atoms with E-state index >= 15 is 0 Å². The van der Waals surface area contributed by atoms with Crippen LogP contribution >= 0.6 is 11.6 Å². The fraction of sp³-hybridized carbons (Fsp3) is 0.143. The molecule has 0 atom stereocenters. The number of halogens is 1. The van der Waals surface area contributed by atoms with E-state index in [0.29, 0.717) is 0 Å². The third-order valence-electron chi connectivity index (χ3n) is 1.30. The predicted octanol–water partition coefficient (Wildman–Crippen LogP) is 0.815. The first kappa shape index (κ1) is 8.80. The van der Waals surface area contributed by atoms with Gasteiger partial charge in [0.2, 0.25) is 0 Å². The molecule has 1 aromatic rings. The zero-order valence-electron chi connectivity index (χ0n) is 6.26. The van der Waals surface area contributed by atoms with Gasteiger partial charge in [-0.1, -0.05) is 11.6 Å². The average molecular weight is 188 g/mol. The van der Waals surface area contributed by atoms with Gasteiger partial charge < -0.3 is 9.72 Å². The van der Waals surface area contributed by atoms with Crippen molar-refractivity contribution in [2.24, 2.45) is 0 Å². The average Bonchev–Trinajstić information content (AvgIpc) is 2.03. The first-order chi connectivity index (χ1) is 5.66. The lowest BCUT2D eigenvalue weighted by molar-refractivity contribution is 0.0599. The zero-order chi connectivity index (χ0) is 9.14. The second kappa shape index (κ2) is 3.40. The van der Waals surface area contributed by atoms with E-state index in [4.69, 9.17) is 11.6 Å². The van der Waals surface area contributed by atoms with E-state index in [1.165, 1.54) is 19.4 Å². The highest BCUT2D eigenvalue weighted by atomic mass is 35.5. The van der Waals surface area contributed by atoms with E-state index < -0.39 is 11.5 Å². The molecule has 0 amide bonds. The van der Waals surface area contributed by atoms with Crippen molar-refractivity contribution in [3.05, 3.63) is 33.2 Å². The van der Waals surface area contributed by atoms with Gasteiger partial charge in [-0.05, 0) is 6.07 Å². The summed E-state index contributed by atoms with van der Waals surface area (Å²) in [6, 6.07) is 1.41. The molecule has 0 aliphatic heterocycles. The molecule has 0 bridgehead atoms.